The minimum absolute atomic E-state index is 0.0984. The maximum absolute atomic E-state index is 10.9. The lowest BCUT2D eigenvalue weighted by molar-refractivity contribution is -0.384. The van der Waals surface area contributed by atoms with Crippen LogP contribution in [0.1, 0.15) is 17.0 Å². The molecule has 0 aliphatic carbocycles. The Hall–Kier alpha value is -3.41. The molecule has 0 saturated carbocycles. The fraction of sp³-hybridized carbons (Fsp3) is 0.105. The molecule has 3 rings (SSSR count). The predicted octanol–water partition coefficient (Wildman–Crippen LogP) is 4.46. The van der Waals surface area contributed by atoms with Gasteiger partial charge >= 0.3 is 0 Å². The number of hydrogen-bond acceptors (Lipinski definition) is 4. The van der Waals surface area contributed by atoms with E-state index in [1.165, 1.54) is 18.2 Å². The normalized spacial score (nSPS) is 11.1. The van der Waals surface area contributed by atoms with Crippen molar-refractivity contribution in [3.8, 4) is 11.4 Å². The number of aromatic hydroxyl groups is 1. The van der Waals surface area contributed by atoms with E-state index in [1.807, 2.05) is 50.2 Å². The Morgan fingerprint density at radius 1 is 1.12 bits per heavy atom. The van der Waals surface area contributed by atoms with Gasteiger partial charge in [0.2, 0.25) is 0 Å². The molecule has 6 nitrogen and oxygen atoms in total. The highest BCUT2D eigenvalue weighted by Crippen LogP contribution is 2.30. The summed E-state index contributed by atoms with van der Waals surface area (Å²) in [7, 11) is 0. The summed E-state index contributed by atoms with van der Waals surface area (Å²) in [6.07, 6.45) is 1.61. The van der Waals surface area contributed by atoms with Crippen molar-refractivity contribution in [1.29, 1.82) is 0 Å². The maximum Gasteiger partial charge on any atom is 0.271 e. The topological polar surface area (TPSA) is 80.7 Å². The molecule has 0 spiro atoms. The van der Waals surface area contributed by atoms with E-state index in [2.05, 4.69) is 9.56 Å². The van der Waals surface area contributed by atoms with Crippen LogP contribution in [0.4, 0.5) is 11.4 Å². The lowest BCUT2D eigenvalue weighted by Gasteiger charge is -2.09. The van der Waals surface area contributed by atoms with Gasteiger partial charge in [0.1, 0.15) is 11.4 Å². The average Bonchev–Trinajstić information content (AvgIpc) is 2.88. The van der Waals surface area contributed by atoms with Crippen LogP contribution < -0.4 is 0 Å². The largest absolute Gasteiger partial charge is 0.506 e. The van der Waals surface area contributed by atoms with E-state index in [1.54, 1.807) is 6.21 Å². The van der Waals surface area contributed by atoms with Crippen molar-refractivity contribution in [3.05, 3.63) is 81.7 Å². The van der Waals surface area contributed by atoms with E-state index < -0.39 is 4.92 Å². The lowest BCUT2D eigenvalue weighted by Crippen LogP contribution is -1.99. The van der Waals surface area contributed by atoms with Crippen LogP contribution in [0.15, 0.2) is 59.6 Å². The molecule has 0 saturated heterocycles. The molecular formula is C19H17N3O3. The molecule has 0 amide bonds. The van der Waals surface area contributed by atoms with E-state index in [9.17, 15) is 15.2 Å². The Kier molecular flexibility index (Phi) is 4.35. The van der Waals surface area contributed by atoms with Gasteiger partial charge in [-0.3, -0.25) is 15.1 Å². The second kappa shape index (κ2) is 6.60. The Labute approximate surface area is 144 Å². The number of hydrogen-bond donors (Lipinski definition) is 1. The first-order chi connectivity index (χ1) is 12.0. The summed E-state index contributed by atoms with van der Waals surface area (Å²) in [5, 5.41) is 20.7. The minimum atomic E-state index is -0.514. The van der Waals surface area contributed by atoms with Crippen molar-refractivity contribution in [2.45, 2.75) is 13.8 Å². The monoisotopic (exact) mass is 335 g/mol. The van der Waals surface area contributed by atoms with Crippen LogP contribution in [0.25, 0.3) is 5.69 Å². The Morgan fingerprint density at radius 3 is 2.52 bits per heavy atom. The summed E-state index contributed by atoms with van der Waals surface area (Å²) < 4.78 is 2.11. The summed E-state index contributed by atoms with van der Waals surface area (Å²) in [4.78, 5) is 14.6. The number of aryl methyl sites for hydroxylation is 1. The minimum Gasteiger partial charge on any atom is -0.506 e. The summed E-state index contributed by atoms with van der Waals surface area (Å²) >= 11 is 0. The third-order valence-corrected chi connectivity index (χ3v) is 4.00. The molecular weight excluding hydrogens is 318 g/mol. The number of benzene rings is 2. The fourth-order valence-electron chi connectivity index (χ4n) is 2.76. The molecule has 0 unspecified atom stereocenters. The molecule has 1 aromatic heterocycles. The van der Waals surface area contributed by atoms with Crippen LogP contribution in [-0.4, -0.2) is 20.8 Å². The Balaban J connectivity index is 1.98. The number of non-ortho nitro benzene ring substituents is 1. The van der Waals surface area contributed by atoms with Gasteiger partial charge in [0.05, 0.1) is 4.92 Å². The summed E-state index contributed by atoms with van der Waals surface area (Å²) in [5.41, 5.74) is 4.03. The van der Waals surface area contributed by atoms with E-state index in [-0.39, 0.29) is 17.1 Å². The highest BCUT2D eigenvalue weighted by Gasteiger charge is 2.11. The molecule has 1 heterocycles. The van der Waals surface area contributed by atoms with Crippen molar-refractivity contribution in [2.24, 2.45) is 4.99 Å². The van der Waals surface area contributed by atoms with Gasteiger partial charge in [-0.05, 0) is 38.1 Å². The standard InChI is InChI=1S/C19H17N3O3/c1-13-10-15(14(2)21(13)16-6-4-3-5-7-16)12-20-18-11-17(22(24)25)8-9-19(18)23/h3-12,23H,1-2H3. The van der Waals surface area contributed by atoms with Crippen LogP contribution >= 0.6 is 0 Å². The number of nitro groups is 1. The molecule has 0 fully saturated rings. The second-order valence-electron chi connectivity index (χ2n) is 5.69. The molecule has 6 heteroatoms. The van der Waals surface area contributed by atoms with Gasteiger partial charge in [0, 0.05) is 41.0 Å². The second-order valence-corrected chi connectivity index (χ2v) is 5.69. The van der Waals surface area contributed by atoms with Crippen LogP contribution in [0.5, 0.6) is 5.75 Å². The van der Waals surface area contributed by atoms with Crippen LogP contribution in [0, 0.1) is 24.0 Å². The third-order valence-electron chi connectivity index (χ3n) is 4.00. The number of rotatable bonds is 4. The molecule has 3 aromatic rings. The summed E-state index contributed by atoms with van der Waals surface area (Å²) in [6.45, 7) is 3.98. The molecule has 126 valence electrons. The molecule has 0 bridgehead atoms. The molecule has 2 aromatic carbocycles. The SMILES string of the molecule is Cc1cc(C=Nc2cc([N+](=O)[O-])ccc2O)c(C)n1-c1ccccc1. The molecule has 0 atom stereocenters. The predicted molar refractivity (Wildman–Crippen MR) is 97.3 cm³/mol. The number of para-hydroxylation sites is 1. The summed E-state index contributed by atoms with van der Waals surface area (Å²) in [5.74, 6) is -0.0984. The third kappa shape index (κ3) is 3.28. The van der Waals surface area contributed by atoms with Crippen LogP contribution in [-0.2, 0) is 0 Å². The maximum atomic E-state index is 10.9. The lowest BCUT2D eigenvalue weighted by atomic mass is 10.2. The number of aliphatic imine (C=N–C) groups is 1. The van der Waals surface area contributed by atoms with Gasteiger partial charge in [-0.25, -0.2) is 0 Å². The highest BCUT2D eigenvalue weighted by atomic mass is 16.6. The fourth-order valence-corrected chi connectivity index (χ4v) is 2.76. The zero-order valence-corrected chi connectivity index (χ0v) is 13.9. The van der Waals surface area contributed by atoms with E-state index in [4.69, 9.17) is 0 Å². The van der Waals surface area contributed by atoms with Crippen molar-refractivity contribution >= 4 is 17.6 Å². The van der Waals surface area contributed by atoms with Crippen molar-refractivity contribution in [1.82, 2.24) is 4.57 Å². The van der Waals surface area contributed by atoms with Gasteiger partial charge < -0.3 is 9.67 Å². The number of nitro benzene ring substituents is 1. The molecule has 25 heavy (non-hydrogen) atoms. The van der Waals surface area contributed by atoms with Crippen LogP contribution in [0.3, 0.4) is 0 Å². The van der Waals surface area contributed by atoms with E-state index in [0.717, 1.165) is 22.6 Å². The first-order valence-electron chi connectivity index (χ1n) is 7.73. The first kappa shape index (κ1) is 16.4. The zero-order chi connectivity index (χ0) is 18.0. The van der Waals surface area contributed by atoms with Crippen molar-refractivity contribution in [3.63, 3.8) is 0 Å². The molecule has 1 N–H and O–H groups in total. The first-order valence-corrected chi connectivity index (χ1v) is 7.73. The van der Waals surface area contributed by atoms with Gasteiger partial charge in [-0.1, -0.05) is 18.2 Å². The van der Waals surface area contributed by atoms with Crippen LogP contribution in [0.2, 0.25) is 0 Å². The number of aromatic nitrogens is 1. The highest BCUT2D eigenvalue weighted by molar-refractivity contribution is 5.85. The average molecular weight is 335 g/mol. The molecule has 0 aliphatic rings. The quantitative estimate of drug-likeness (QED) is 0.434. The summed E-state index contributed by atoms with van der Waals surface area (Å²) in [6, 6.07) is 15.7. The zero-order valence-electron chi connectivity index (χ0n) is 13.9. The smallest absolute Gasteiger partial charge is 0.271 e. The number of nitrogens with zero attached hydrogens (tertiary/aromatic N) is 3. The Bertz CT molecular complexity index is 960. The number of phenolic OH excluding ortho intramolecular Hbond substituents is 1. The van der Waals surface area contributed by atoms with Gasteiger partial charge in [0.25, 0.3) is 5.69 Å². The van der Waals surface area contributed by atoms with Gasteiger partial charge in [-0.2, -0.15) is 0 Å². The van der Waals surface area contributed by atoms with Crippen molar-refractivity contribution < 1.29 is 10.0 Å². The van der Waals surface area contributed by atoms with Gasteiger partial charge in [-0.15, -0.1) is 0 Å². The Morgan fingerprint density at radius 2 is 1.84 bits per heavy atom. The molecule has 0 radical (unpaired) electrons. The molecule has 0 aliphatic heterocycles. The number of phenols is 1. The van der Waals surface area contributed by atoms with Gasteiger partial charge in [0.15, 0.2) is 0 Å². The van der Waals surface area contributed by atoms with E-state index >= 15 is 0 Å². The van der Waals surface area contributed by atoms with Crippen molar-refractivity contribution in [2.75, 3.05) is 0 Å². The van der Waals surface area contributed by atoms with E-state index in [0.29, 0.717) is 0 Å².